The van der Waals surface area contributed by atoms with Gasteiger partial charge in [-0.05, 0) is 42.3 Å². The number of hydrogen-bond donors (Lipinski definition) is 2. The van der Waals surface area contributed by atoms with E-state index in [1.165, 1.54) is 11.1 Å². The van der Waals surface area contributed by atoms with Crippen molar-refractivity contribution < 1.29 is 9.90 Å². The lowest BCUT2D eigenvalue weighted by Crippen LogP contribution is -2.38. The topological polar surface area (TPSA) is 49.3 Å². The Morgan fingerprint density at radius 2 is 1.75 bits per heavy atom. The Balaban J connectivity index is 2.44. The van der Waals surface area contributed by atoms with E-state index in [1.54, 1.807) is 0 Å². The van der Waals surface area contributed by atoms with Gasteiger partial charge in [-0.25, -0.2) is 0 Å². The highest BCUT2D eigenvalue weighted by Gasteiger charge is 2.17. The predicted molar refractivity (Wildman–Crippen MR) is 83.1 cm³/mol. The molecule has 1 unspecified atom stereocenters. The van der Waals surface area contributed by atoms with Crippen molar-refractivity contribution in [1.82, 2.24) is 5.32 Å². The molecule has 112 valence electrons. The molecule has 0 saturated carbocycles. The largest absolute Gasteiger partial charge is 0.480 e. The molecule has 1 aromatic carbocycles. The minimum Gasteiger partial charge on any atom is -0.480 e. The second-order valence-corrected chi connectivity index (χ2v) is 6.12. The average molecular weight is 277 g/mol. The van der Waals surface area contributed by atoms with Gasteiger partial charge < -0.3 is 10.4 Å². The van der Waals surface area contributed by atoms with Gasteiger partial charge in [0.1, 0.15) is 6.04 Å². The fourth-order valence-electron chi connectivity index (χ4n) is 2.20. The molecule has 0 heterocycles. The van der Waals surface area contributed by atoms with Crippen LogP contribution >= 0.6 is 0 Å². The lowest BCUT2D eigenvalue weighted by Gasteiger charge is -2.16. The van der Waals surface area contributed by atoms with Crippen LogP contribution in [0.4, 0.5) is 0 Å². The first-order valence-corrected chi connectivity index (χ1v) is 7.45. The number of carbonyl (C=O) groups is 1. The van der Waals surface area contributed by atoms with E-state index in [1.807, 2.05) is 13.8 Å². The maximum absolute atomic E-state index is 11.1. The molecule has 20 heavy (non-hydrogen) atoms. The van der Waals surface area contributed by atoms with Crippen LogP contribution < -0.4 is 5.32 Å². The SMILES string of the molecule is CC(C)CC(NCCc1ccc(C(C)C)cc1)C(=O)O. The van der Waals surface area contributed by atoms with Gasteiger partial charge in [0.05, 0.1) is 0 Å². The molecule has 0 aromatic heterocycles. The molecule has 0 bridgehead atoms. The van der Waals surface area contributed by atoms with Crippen molar-refractivity contribution in [1.29, 1.82) is 0 Å². The van der Waals surface area contributed by atoms with Gasteiger partial charge in [-0.1, -0.05) is 52.0 Å². The van der Waals surface area contributed by atoms with E-state index < -0.39 is 12.0 Å². The first-order valence-electron chi connectivity index (χ1n) is 7.45. The fourth-order valence-corrected chi connectivity index (χ4v) is 2.20. The Labute approximate surface area is 122 Å². The van der Waals surface area contributed by atoms with Gasteiger partial charge in [0.25, 0.3) is 0 Å². The molecule has 0 saturated heterocycles. The molecule has 1 atom stereocenters. The standard InChI is InChI=1S/C17H27NO2/c1-12(2)11-16(17(19)20)18-10-9-14-5-7-15(8-6-14)13(3)4/h5-8,12-13,16,18H,9-11H2,1-4H3,(H,19,20). The smallest absolute Gasteiger partial charge is 0.320 e. The van der Waals surface area contributed by atoms with Crippen LogP contribution in [0.5, 0.6) is 0 Å². The Morgan fingerprint density at radius 3 is 2.20 bits per heavy atom. The number of carboxylic acid groups (broad SMARTS) is 1. The quantitative estimate of drug-likeness (QED) is 0.765. The maximum atomic E-state index is 11.1. The van der Waals surface area contributed by atoms with Crippen LogP contribution in [0.25, 0.3) is 0 Å². The zero-order valence-corrected chi connectivity index (χ0v) is 13.0. The van der Waals surface area contributed by atoms with Gasteiger partial charge in [0.15, 0.2) is 0 Å². The predicted octanol–water partition coefficient (Wildman–Crippen LogP) is 3.44. The molecular weight excluding hydrogens is 250 g/mol. The number of aliphatic carboxylic acids is 1. The molecule has 0 fully saturated rings. The Morgan fingerprint density at radius 1 is 1.15 bits per heavy atom. The number of rotatable bonds is 8. The van der Waals surface area contributed by atoms with Crippen LogP contribution in [-0.4, -0.2) is 23.7 Å². The minimum absolute atomic E-state index is 0.383. The second-order valence-electron chi connectivity index (χ2n) is 6.12. The normalized spacial score (nSPS) is 12.9. The molecule has 1 aromatic rings. The lowest BCUT2D eigenvalue weighted by atomic mass is 10.0. The van der Waals surface area contributed by atoms with E-state index in [-0.39, 0.29) is 0 Å². The molecule has 3 nitrogen and oxygen atoms in total. The van der Waals surface area contributed by atoms with E-state index in [9.17, 15) is 4.79 Å². The second kappa shape index (κ2) is 8.05. The summed E-state index contributed by atoms with van der Waals surface area (Å²) < 4.78 is 0. The third kappa shape index (κ3) is 5.74. The van der Waals surface area contributed by atoms with Crippen LogP contribution in [-0.2, 0) is 11.2 Å². The Kier molecular flexibility index (Phi) is 6.73. The van der Waals surface area contributed by atoms with Crippen LogP contribution in [0.15, 0.2) is 24.3 Å². The molecule has 0 spiro atoms. The molecule has 0 amide bonds. The molecule has 2 N–H and O–H groups in total. The number of carboxylic acids is 1. The van der Waals surface area contributed by atoms with Crippen LogP contribution in [0.1, 0.15) is 51.2 Å². The first kappa shape index (κ1) is 16.7. The van der Waals surface area contributed by atoms with E-state index in [4.69, 9.17) is 5.11 Å². The van der Waals surface area contributed by atoms with Crippen LogP contribution in [0.3, 0.4) is 0 Å². The van der Waals surface area contributed by atoms with Crippen molar-refractivity contribution in [2.75, 3.05) is 6.54 Å². The van der Waals surface area contributed by atoms with E-state index in [2.05, 4.69) is 43.4 Å². The van der Waals surface area contributed by atoms with Crippen molar-refractivity contribution in [2.24, 2.45) is 5.92 Å². The zero-order valence-electron chi connectivity index (χ0n) is 13.0. The van der Waals surface area contributed by atoms with Crippen LogP contribution in [0, 0.1) is 5.92 Å². The van der Waals surface area contributed by atoms with Gasteiger partial charge >= 0.3 is 5.97 Å². The maximum Gasteiger partial charge on any atom is 0.320 e. The summed E-state index contributed by atoms with van der Waals surface area (Å²) in [5.74, 6) is 0.174. The lowest BCUT2D eigenvalue weighted by molar-refractivity contribution is -0.139. The third-order valence-corrected chi connectivity index (χ3v) is 3.46. The van der Waals surface area contributed by atoms with Gasteiger partial charge in [0, 0.05) is 0 Å². The van der Waals surface area contributed by atoms with Crippen molar-refractivity contribution in [2.45, 2.75) is 52.5 Å². The van der Waals surface area contributed by atoms with Gasteiger partial charge in [-0.15, -0.1) is 0 Å². The fraction of sp³-hybridized carbons (Fsp3) is 0.588. The van der Waals surface area contributed by atoms with Crippen molar-refractivity contribution in [3.8, 4) is 0 Å². The van der Waals surface area contributed by atoms with E-state index in [0.717, 1.165) is 6.42 Å². The summed E-state index contributed by atoms with van der Waals surface area (Å²) in [6, 6.07) is 8.14. The zero-order chi connectivity index (χ0) is 15.1. The summed E-state index contributed by atoms with van der Waals surface area (Å²) in [6.07, 6.45) is 1.53. The number of hydrogen-bond acceptors (Lipinski definition) is 2. The first-order chi connectivity index (χ1) is 9.40. The highest BCUT2D eigenvalue weighted by atomic mass is 16.4. The molecule has 0 aliphatic rings. The molecule has 1 rings (SSSR count). The molecule has 3 heteroatoms. The Bertz CT molecular complexity index is 410. The Hall–Kier alpha value is -1.35. The van der Waals surface area contributed by atoms with E-state index in [0.29, 0.717) is 24.8 Å². The number of nitrogens with one attached hydrogen (secondary N) is 1. The summed E-state index contributed by atoms with van der Waals surface area (Å²) in [7, 11) is 0. The summed E-state index contributed by atoms with van der Waals surface area (Å²) >= 11 is 0. The van der Waals surface area contributed by atoms with Crippen LogP contribution in [0.2, 0.25) is 0 Å². The summed E-state index contributed by atoms with van der Waals surface area (Å²) in [5.41, 5.74) is 2.58. The highest BCUT2D eigenvalue weighted by Crippen LogP contribution is 2.14. The molecular formula is C17H27NO2. The molecule has 0 aliphatic carbocycles. The third-order valence-electron chi connectivity index (χ3n) is 3.46. The van der Waals surface area contributed by atoms with E-state index >= 15 is 0 Å². The van der Waals surface area contributed by atoms with Gasteiger partial charge in [-0.2, -0.15) is 0 Å². The summed E-state index contributed by atoms with van der Waals surface area (Å²) in [5, 5.41) is 12.3. The monoisotopic (exact) mass is 277 g/mol. The molecule has 0 radical (unpaired) electrons. The highest BCUT2D eigenvalue weighted by molar-refractivity contribution is 5.73. The van der Waals surface area contributed by atoms with Crippen molar-refractivity contribution in [3.05, 3.63) is 35.4 Å². The summed E-state index contributed by atoms with van der Waals surface area (Å²) in [4.78, 5) is 11.1. The summed E-state index contributed by atoms with van der Waals surface area (Å²) in [6.45, 7) is 9.15. The van der Waals surface area contributed by atoms with Crippen molar-refractivity contribution >= 4 is 5.97 Å². The minimum atomic E-state index is -0.756. The van der Waals surface area contributed by atoms with Gasteiger partial charge in [0.2, 0.25) is 0 Å². The average Bonchev–Trinajstić information content (AvgIpc) is 2.37. The molecule has 0 aliphatic heterocycles. The number of benzene rings is 1. The van der Waals surface area contributed by atoms with Crippen molar-refractivity contribution in [3.63, 3.8) is 0 Å². The van der Waals surface area contributed by atoms with Gasteiger partial charge in [-0.3, -0.25) is 4.79 Å².